The van der Waals surface area contributed by atoms with Crippen LogP contribution in [0, 0.1) is 16.7 Å². The lowest BCUT2D eigenvalue weighted by Crippen LogP contribution is -2.55. The molecule has 2 aliphatic heterocycles. The second-order valence-electron chi connectivity index (χ2n) is 11.6. The molecule has 6 aliphatic rings. The van der Waals surface area contributed by atoms with E-state index < -0.39 is 0 Å². The maximum absolute atomic E-state index is 10.4. The molecule has 3 fully saturated rings. The van der Waals surface area contributed by atoms with Gasteiger partial charge in [0.05, 0.1) is 18.3 Å². The van der Waals surface area contributed by atoms with Gasteiger partial charge in [-0.1, -0.05) is 36.8 Å². The summed E-state index contributed by atoms with van der Waals surface area (Å²) in [4.78, 5) is 4.36. The molecule has 2 aromatic rings. The molecule has 3 heterocycles. The molecule has 6 atom stereocenters. The van der Waals surface area contributed by atoms with Gasteiger partial charge in [-0.15, -0.1) is 0 Å². The fourth-order valence-electron chi connectivity index (χ4n) is 8.48. The first kappa shape index (κ1) is 19.5. The second-order valence-corrected chi connectivity index (χ2v) is 11.6. The topological polar surface area (TPSA) is 42.4 Å². The molecule has 0 unspecified atom stereocenters. The van der Waals surface area contributed by atoms with Crippen molar-refractivity contribution < 1.29 is 9.84 Å². The Kier molecular flexibility index (Phi) is 3.99. The van der Waals surface area contributed by atoms with E-state index in [0.29, 0.717) is 11.8 Å². The highest BCUT2D eigenvalue weighted by Gasteiger charge is 2.63. The fourth-order valence-corrected chi connectivity index (χ4v) is 8.48. The highest BCUT2D eigenvalue weighted by molar-refractivity contribution is 5.82. The lowest BCUT2D eigenvalue weighted by molar-refractivity contribution is -0.158. The standard InChI is InChI=1S/C29H33NO2/c1-27-10-8-23-15-22-4-5-24(31)16-28(22)11-12-29(23,32-18-28)26(27)7-6-25(27)20-3-2-19-9-13-30-17-21(19)14-20/h2-3,8-9,13-15,17,24-26,31H,4-7,10-12,16,18H2,1H3/t24-,25-,26-,27-,28+,29-/m1/s1. The number of ether oxygens (including phenoxy) is 1. The summed E-state index contributed by atoms with van der Waals surface area (Å²) in [5.41, 5.74) is 4.68. The van der Waals surface area contributed by atoms with E-state index in [1.807, 2.05) is 12.4 Å². The van der Waals surface area contributed by atoms with Crippen LogP contribution in [0.3, 0.4) is 0 Å². The van der Waals surface area contributed by atoms with Crippen LogP contribution < -0.4 is 0 Å². The fraction of sp³-hybridized carbons (Fsp3) is 0.552. The van der Waals surface area contributed by atoms with Crippen molar-refractivity contribution in [2.45, 2.75) is 75.9 Å². The normalized spacial score (nSPS) is 42.5. The molecule has 2 bridgehead atoms. The van der Waals surface area contributed by atoms with E-state index in [0.717, 1.165) is 38.7 Å². The minimum absolute atomic E-state index is 0.0842. The molecule has 1 N–H and O–H groups in total. The van der Waals surface area contributed by atoms with Crippen molar-refractivity contribution in [3.8, 4) is 0 Å². The van der Waals surface area contributed by atoms with Crippen LogP contribution in [-0.2, 0) is 4.74 Å². The smallest absolute Gasteiger partial charge is 0.0962 e. The number of aromatic nitrogens is 1. The second kappa shape index (κ2) is 6.55. The molecule has 2 spiro atoms. The molecule has 3 nitrogen and oxygen atoms in total. The molecular formula is C29H33NO2. The van der Waals surface area contributed by atoms with Gasteiger partial charge in [0.15, 0.2) is 0 Å². The van der Waals surface area contributed by atoms with Crippen molar-refractivity contribution in [3.05, 3.63) is 65.5 Å². The predicted molar refractivity (Wildman–Crippen MR) is 126 cm³/mol. The summed E-state index contributed by atoms with van der Waals surface area (Å²) in [6, 6.07) is 9.13. The maximum Gasteiger partial charge on any atom is 0.0962 e. The third-order valence-corrected chi connectivity index (χ3v) is 10.2. The Morgan fingerprint density at radius 1 is 1.09 bits per heavy atom. The number of hydrogen-bond acceptors (Lipinski definition) is 3. The molecule has 32 heavy (non-hydrogen) atoms. The van der Waals surface area contributed by atoms with Crippen molar-refractivity contribution in [2.24, 2.45) is 16.7 Å². The van der Waals surface area contributed by atoms with Crippen molar-refractivity contribution in [1.82, 2.24) is 4.98 Å². The van der Waals surface area contributed by atoms with Crippen LogP contribution in [0.15, 0.2) is 60.0 Å². The summed E-state index contributed by atoms with van der Waals surface area (Å²) in [5.74, 6) is 1.12. The van der Waals surface area contributed by atoms with E-state index in [1.54, 1.807) is 5.57 Å². The van der Waals surface area contributed by atoms with E-state index >= 15 is 0 Å². The number of benzene rings is 1. The number of allylic oxidation sites excluding steroid dienone is 1. The zero-order valence-electron chi connectivity index (χ0n) is 19.0. The average molecular weight is 428 g/mol. The third-order valence-electron chi connectivity index (χ3n) is 10.2. The molecule has 1 saturated heterocycles. The van der Waals surface area contributed by atoms with Crippen LogP contribution in [0.4, 0.5) is 0 Å². The minimum Gasteiger partial charge on any atom is -0.393 e. The number of fused-ring (bicyclic) bond motifs is 4. The number of rotatable bonds is 1. The van der Waals surface area contributed by atoms with Crippen LogP contribution in [-0.4, -0.2) is 28.4 Å². The zero-order valence-corrected chi connectivity index (χ0v) is 19.0. The zero-order chi connectivity index (χ0) is 21.6. The van der Waals surface area contributed by atoms with E-state index in [2.05, 4.69) is 48.3 Å². The van der Waals surface area contributed by atoms with Crippen LogP contribution in [0.1, 0.15) is 69.8 Å². The Hall–Kier alpha value is -1.97. The Morgan fingerprint density at radius 3 is 2.91 bits per heavy atom. The van der Waals surface area contributed by atoms with E-state index in [1.165, 1.54) is 41.2 Å². The van der Waals surface area contributed by atoms with E-state index in [4.69, 9.17) is 4.74 Å². The van der Waals surface area contributed by atoms with Crippen molar-refractivity contribution in [1.29, 1.82) is 0 Å². The number of nitrogens with zero attached hydrogens (tertiary/aromatic N) is 1. The van der Waals surface area contributed by atoms with E-state index in [9.17, 15) is 5.11 Å². The first-order valence-electron chi connectivity index (χ1n) is 12.6. The Morgan fingerprint density at radius 2 is 2.03 bits per heavy atom. The summed E-state index contributed by atoms with van der Waals surface area (Å²) in [7, 11) is 0. The molecular weight excluding hydrogens is 394 g/mol. The molecule has 1 aromatic heterocycles. The quantitative estimate of drug-likeness (QED) is 0.599. The maximum atomic E-state index is 10.4. The molecule has 8 rings (SSSR count). The summed E-state index contributed by atoms with van der Waals surface area (Å²) in [6.45, 7) is 3.33. The first-order chi connectivity index (χ1) is 15.5. The molecule has 166 valence electrons. The van der Waals surface area contributed by atoms with Crippen LogP contribution >= 0.6 is 0 Å². The van der Waals surface area contributed by atoms with Gasteiger partial charge in [0.25, 0.3) is 0 Å². The third kappa shape index (κ3) is 2.47. The summed E-state index contributed by atoms with van der Waals surface area (Å²) in [6.07, 6.45) is 17.5. The molecule has 4 aliphatic carbocycles. The Balaban J connectivity index is 1.29. The Labute approximate surface area is 190 Å². The first-order valence-corrected chi connectivity index (χ1v) is 12.6. The van der Waals surface area contributed by atoms with Crippen molar-refractivity contribution >= 4 is 10.8 Å². The summed E-state index contributed by atoms with van der Waals surface area (Å²) >= 11 is 0. The average Bonchev–Trinajstić information content (AvgIpc) is 3.02. The van der Waals surface area contributed by atoms with Crippen molar-refractivity contribution in [3.63, 3.8) is 0 Å². The van der Waals surface area contributed by atoms with Gasteiger partial charge >= 0.3 is 0 Å². The highest BCUT2D eigenvalue weighted by atomic mass is 16.5. The molecule has 0 amide bonds. The van der Waals surface area contributed by atoms with Gasteiger partial charge in [-0.25, -0.2) is 0 Å². The lowest BCUT2D eigenvalue weighted by atomic mass is 9.57. The largest absolute Gasteiger partial charge is 0.393 e. The molecule has 3 heteroatoms. The van der Waals surface area contributed by atoms with Gasteiger partial charge in [-0.3, -0.25) is 4.98 Å². The summed E-state index contributed by atoms with van der Waals surface area (Å²) in [5, 5.41) is 13.0. The monoisotopic (exact) mass is 427 g/mol. The van der Waals surface area contributed by atoms with Crippen LogP contribution in [0.2, 0.25) is 0 Å². The van der Waals surface area contributed by atoms with Gasteiger partial charge in [-0.2, -0.15) is 0 Å². The van der Waals surface area contributed by atoms with Gasteiger partial charge < -0.3 is 9.84 Å². The minimum atomic E-state index is -0.164. The van der Waals surface area contributed by atoms with Gasteiger partial charge in [0, 0.05) is 23.2 Å². The summed E-state index contributed by atoms with van der Waals surface area (Å²) < 4.78 is 6.99. The number of pyridine rings is 1. The number of hydrogen-bond donors (Lipinski definition) is 1. The molecule has 1 aromatic carbocycles. The van der Waals surface area contributed by atoms with Gasteiger partial charge in [0.1, 0.15) is 0 Å². The van der Waals surface area contributed by atoms with Crippen molar-refractivity contribution in [2.75, 3.05) is 6.61 Å². The molecule has 2 saturated carbocycles. The van der Waals surface area contributed by atoms with Gasteiger partial charge in [0.2, 0.25) is 0 Å². The van der Waals surface area contributed by atoms with Gasteiger partial charge in [-0.05, 0) is 97.3 Å². The van der Waals surface area contributed by atoms with Crippen LogP contribution in [0.5, 0.6) is 0 Å². The number of aliphatic hydroxyl groups excluding tert-OH is 1. The van der Waals surface area contributed by atoms with Crippen LogP contribution in [0.25, 0.3) is 10.8 Å². The lowest BCUT2D eigenvalue weighted by Gasteiger charge is -2.55. The SMILES string of the molecule is C[C@]12CC=C3C=C4CC[C@@H](O)C[C@]45CC[C@]3(OC5)[C@@H]1CC[C@@H]2c1ccc2ccncc2c1. The number of aliphatic hydroxyl groups is 1. The highest BCUT2D eigenvalue weighted by Crippen LogP contribution is 2.67. The van der Waals surface area contributed by atoms with E-state index in [-0.39, 0.29) is 22.5 Å². The Bertz CT molecular complexity index is 1150. The predicted octanol–water partition coefficient (Wildman–Crippen LogP) is 6.09. The molecule has 0 radical (unpaired) electrons.